The normalized spacial score (nSPS) is 25.9. The molecule has 1 aliphatic carbocycles. The Bertz CT molecular complexity index is 193. The zero-order chi connectivity index (χ0) is 11.4. The van der Waals surface area contributed by atoms with E-state index in [-0.39, 0.29) is 0 Å². The van der Waals surface area contributed by atoms with Crippen LogP contribution in [0.3, 0.4) is 0 Å². The molecule has 2 nitrogen and oxygen atoms in total. The fourth-order valence-electron chi connectivity index (χ4n) is 2.74. The van der Waals surface area contributed by atoms with Gasteiger partial charge in [-0.3, -0.25) is 0 Å². The lowest BCUT2D eigenvalue weighted by Gasteiger charge is -2.26. The first-order chi connectivity index (χ1) is 7.75. The fraction of sp³-hybridized carbons (Fsp3) is 1.00. The maximum atomic E-state index is 3.46. The molecule has 94 valence electrons. The average Bonchev–Trinajstić information content (AvgIpc) is 2.91. The van der Waals surface area contributed by atoms with E-state index in [1.807, 2.05) is 0 Å². The summed E-state index contributed by atoms with van der Waals surface area (Å²) in [6.45, 7) is 9.90. The van der Waals surface area contributed by atoms with Gasteiger partial charge >= 0.3 is 0 Å². The van der Waals surface area contributed by atoms with Gasteiger partial charge in [-0.05, 0) is 77.4 Å². The summed E-state index contributed by atoms with van der Waals surface area (Å²) in [5.74, 6) is 2.01. The summed E-state index contributed by atoms with van der Waals surface area (Å²) in [6.07, 6.45) is 7.20. The number of hydrogen-bond acceptors (Lipinski definition) is 2. The molecule has 1 saturated heterocycles. The summed E-state index contributed by atoms with van der Waals surface area (Å²) >= 11 is 0. The van der Waals surface area contributed by atoms with E-state index in [0.29, 0.717) is 0 Å². The standard InChI is InChI=1S/C14H28N2/c1-12(2)16(11-14-5-6-14)9-3-4-13-7-8-15-10-13/h12-15H,3-11H2,1-2H3. The molecule has 0 amide bonds. The molecule has 0 aromatic rings. The SMILES string of the molecule is CC(C)N(CCCC1CCNC1)CC1CC1. The Hall–Kier alpha value is -0.0800. The highest BCUT2D eigenvalue weighted by Crippen LogP contribution is 2.30. The molecule has 2 heteroatoms. The van der Waals surface area contributed by atoms with Gasteiger partial charge in [0.2, 0.25) is 0 Å². The minimum Gasteiger partial charge on any atom is -0.316 e. The van der Waals surface area contributed by atoms with Gasteiger partial charge in [0.05, 0.1) is 0 Å². The molecule has 2 aliphatic rings. The van der Waals surface area contributed by atoms with E-state index in [1.165, 1.54) is 58.3 Å². The van der Waals surface area contributed by atoms with Crippen molar-refractivity contribution in [3.63, 3.8) is 0 Å². The lowest BCUT2D eigenvalue weighted by molar-refractivity contribution is 0.204. The molecule has 1 heterocycles. The van der Waals surface area contributed by atoms with Crippen LogP contribution >= 0.6 is 0 Å². The molecule has 1 N–H and O–H groups in total. The molecular formula is C14H28N2. The highest BCUT2D eigenvalue weighted by molar-refractivity contribution is 4.79. The first-order valence-electron chi connectivity index (χ1n) is 7.20. The largest absolute Gasteiger partial charge is 0.316 e. The number of hydrogen-bond donors (Lipinski definition) is 1. The zero-order valence-electron chi connectivity index (χ0n) is 11.0. The molecule has 1 aliphatic heterocycles. The third kappa shape index (κ3) is 4.06. The summed E-state index contributed by atoms with van der Waals surface area (Å²) in [5.41, 5.74) is 0. The smallest absolute Gasteiger partial charge is 0.00387 e. The van der Waals surface area contributed by atoms with E-state index in [4.69, 9.17) is 0 Å². The van der Waals surface area contributed by atoms with Crippen LogP contribution < -0.4 is 5.32 Å². The van der Waals surface area contributed by atoms with Crippen LogP contribution in [0.1, 0.15) is 46.0 Å². The first-order valence-corrected chi connectivity index (χ1v) is 7.20. The van der Waals surface area contributed by atoms with Gasteiger partial charge in [0, 0.05) is 12.6 Å². The van der Waals surface area contributed by atoms with Gasteiger partial charge in [-0.2, -0.15) is 0 Å². The highest BCUT2D eigenvalue weighted by atomic mass is 15.1. The lowest BCUT2D eigenvalue weighted by Crippen LogP contribution is -2.34. The maximum Gasteiger partial charge on any atom is 0.00387 e. The molecule has 0 aromatic carbocycles. The molecule has 2 rings (SSSR count). The van der Waals surface area contributed by atoms with Crippen LogP contribution in [0.4, 0.5) is 0 Å². The molecule has 0 radical (unpaired) electrons. The molecule has 1 atom stereocenters. The van der Waals surface area contributed by atoms with Gasteiger partial charge in [0.15, 0.2) is 0 Å². The van der Waals surface area contributed by atoms with Crippen molar-refractivity contribution in [2.75, 3.05) is 26.2 Å². The predicted octanol–water partition coefficient (Wildman–Crippen LogP) is 2.50. The first kappa shape index (κ1) is 12.4. The highest BCUT2D eigenvalue weighted by Gasteiger charge is 2.25. The Kier molecular flexibility index (Phi) is 4.66. The number of nitrogens with one attached hydrogen (secondary N) is 1. The van der Waals surface area contributed by atoms with Crippen molar-refractivity contribution in [1.82, 2.24) is 10.2 Å². The Balaban J connectivity index is 1.60. The van der Waals surface area contributed by atoms with Crippen LogP contribution in [-0.4, -0.2) is 37.1 Å². The Morgan fingerprint density at radius 3 is 2.56 bits per heavy atom. The van der Waals surface area contributed by atoms with E-state index in [9.17, 15) is 0 Å². The Morgan fingerprint density at radius 1 is 1.19 bits per heavy atom. The van der Waals surface area contributed by atoms with Gasteiger partial charge in [-0.1, -0.05) is 0 Å². The minimum absolute atomic E-state index is 0.738. The molecule has 0 aromatic heterocycles. The van der Waals surface area contributed by atoms with Crippen molar-refractivity contribution in [3.05, 3.63) is 0 Å². The predicted molar refractivity (Wildman–Crippen MR) is 69.6 cm³/mol. The minimum atomic E-state index is 0.738. The zero-order valence-corrected chi connectivity index (χ0v) is 11.0. The summed E-state index contributed by atoms with van der Waals surface area (Å²) in [6, 6.07) is 0.738. The topological polar surface area (TPSA) is 15.3 Å². The van der Waals surface area contributed by atoms with E-state index in [2.05, 4.69) is 24.1 Å². The van der Waals surface area contributed by atoms with Crippen LogP contribution in [0.5, 0.6) is 0 Å². The van der Waals surface area contributed by atoms with Crippen LogP contribution in [0.2, 0.25) is 0 Å². The van der Waals surface area contributed by atoms with Crippen LogP contribution in [-0.2, 0) is 0 Å². The molecule has 0 bridgehead atoms. The third-order valence-corrected chi connectivity index (χ3v) is 4.14. The number of rotatable bonds is 7. The Labute approximate surface area is 101 Å². The van der Waals surface area contributed by atoms with Crippen molar-refractivity contribution in [2.24, 2.45) is 11.8 Å². The summed E-state index contributed by atoms with van der Waals surface area (Å²) < 4.78 is 0. The molecule has 2 fully saturated rings. The lowest BCUT2D eigenvalue weighted by atomic mass is 10.0. The summed E-state index contributed by atoms with van der Waals surface area (Å²) in [7, 11) is 0. The molecular weight excluding hydrogens is 196 g/mol. The van der Waals surface area contributed by atoms with Gasteiger partial charge in [0.1, 0.15) is 0 Å². The van der Waals surface area contributed by atoms with Crippen molar-refractivity contribution in [2.45, 2.75) is 52.0 Å². The molecule has 1 saturated carbocycles. The average molecular weight is 224 g/mol. The van der Waals surface area contributed by atoms with Gasteiger partial charge in [0.25, 0.3) is 0 Å². The van der Waals surface area contributed by atoms with Crippen molar-refractivity contribution < 1.29 is 0 Å². The number of nitrogens with zero attached hydrogens (tertiary/aromatic N) is 1. The van der Waals surface area contributed by atoms with Crippen LogP contribution in [0.25, 0.3) is 0 Å². The molecule has 1 unspecified atom stereocenters. The van der Waals surface area contributed by atoms with E-state index < -0.39 is 0 Å². The summed E-state index contributed by atoms with van der Waals surface area (Å²) in [5, 5.41) is 3.46. The quantitative estimate of drug-likeness (QED) is 0.715. The molecule has 16 heavy (non-hydrogen) atoms. The Morgan fingerprint density at radius 2 is 2.00 bits per heavy atom. The van der Waals surface area contributed by atoms with Gasteiger partial charge < -0.3 is 10.2 Å². The second-order valence-electron chi connectivity index (χ2n) is 6.03. The second-order valence-corrected chi connectivity index (χ2v) is 6.03. The monoisotopic (exact) mass is 224 g/mol. The fourth-order valence-corrected chi connectivity index (χ4v) is 2.74. The van der Waals surface area contributed by atoms with Crippen LogP contribution in [0.15, 0.2) is 0 Å². The van der Waals surface area contributed by atoms with Gasteiger partial charge in [-0.15, -0.1) is 0 Å². The van der Waals surface area contributed by atoms with E-state index in [1.54, 1.807) is 0 Å². The molecule has 0 spiro atoms. The van der Waals surface area contributed by atoms with Crippen molar-refractivity contribution in [1.29, 1.82) is 0 Å². The van der Waals surface area contributed by atoms with Crippen LogP contribution in [0, 0.1) is 11.8 Å². The van der Waals surface area contributed by atoms with Crippen molar-refractivity contribution >= 4 is 0 Å². The van der Waals surface area contributed by atoms with E-state index >= 15 is 0 Å². The van der Waals surface area contributed by atoms with Crippen molar-refractivity contribution in [3.8, 4) is 0 Å². The van der Waals surface area contributed by atoms with E-state index in [0.717, 1.165) is 17.9 Å². The maximum absolute atomic E-state index is 3.46. The summed E-state index contributed by atoms with van der Waals surface area (Å²) in [4.78, 5) is 2.69. The second kappa shape index (κ2) is 6.02. The third-order valence-electron chi connectivity index (χ3n) is 4.14. The van der Waals surface area contributed by atoms with Gasteiger partial charge in [-0.25, -0.2) is 0 Å².